The third-order valence-electron chi connectivity index (χ3n) is 2.93. The first-order valence-corrected chi connectivity index (χ1v) is 7.37. The number of carbonyl (C=O) groups is 1. The molecule has 0 aliphatic rings. The maximum atomic E-state index is 11.9. The standard InChI is InChI=1S/C18H19NO5/c1-11-9-15(20)14(17(22)23-11)10-19-13-7-5-12(6-8-13)16(21)24-18(2,3)4/h5-10,20H,1-4H3. The number of hydrogen-bond donors (Lipinski definition) is 1. The lowest BCUT2D eigenvalue weighted by atomic mass is 10.1. The number of hydrogen-bond acceptors (Lipinski definition) is 6. The van der Waals surface area contributed by atoms with Gasteiger partial charge in [0.25, 0.3) is 0 Å². The van der Waals surface area contributed by atoms with Gasteiger partial charge in [0, 0.05) is 12.3 Å². The monoisotopic (exact) mass is 329 g/mol. The van der Waals surface area contributed by atoms with E-state index in [9.17, 15) is 14.7 Å². The van der Waals surface area contributed by atoms with Crippen LogP contribution in [0.3, 0.4) is 0 Å². The first-order chi connectivity index (χ1) is 11.2. The normalized spacial score (nSPS) is 11.7. The molecule has 2 rings (SSSR count). The van der Waals surface area contributed by atoms with E-state index in [0.717, 1.165) is 0 Å². The molecule has 24 heavy (non-hydrogen) atoms. The Bertz CT molecular complexity index is 826. The molecule has 126 valence electrons. The molecule has 0 atom stereocenters. The van der Waals surface area contributed by atoms with E-state index in [1.165, 1.54) is 12.3 Å². The van der Waals surface area contributed by atoms with Crippen LogP contribution < -0.4 is 5.63 Å². The Labute approximate surface area is 139 Å². The summed E-state index contributed by atoms with van der Waals surface area (Å²) in [5.41, 5.74) is -0.341. The molecule has 6 nitrogen and oxygen atoms in total. The van der Waals surface area contributed by atoms with Crippen molar-refractivity contribution < 1.29 is 19.1 Å². The summed E-state index contributed by atoms with van der Waals surface area (Å²) in [5, 5.41) is 9.76. The van der Waals surface area contributed by atoms with Crippen molar-refractivity contribution in [3.63, 3.8) is 0 Å². The zero-order chi connectivity index (χ0) is 17.9. The van der Waals surface area contributed by atoms with Crippen LogP contribution in [0.2, 0.25) is 0 Å². The van der Waals surface area contributed by atoms with Gasteiger partial charge in [-0.3, -0.25) is 4.99 Å². The van der Waals surface area contributed by atoms with E-state index in [2.05, 4.69) is 4.99 Å². The fourth-order valence-corrected chi connectivity index (χ4v) is 1.88. The second-order valence-corrected chi connectivity index (χ2v) is 6.25. The van der Waals surface area contributed by atoms with Crippen LogP contribution in [0.4, 0.5) is 5.69 Å². The van der Waals surface area contributed by atoms with E-state index in [0.29, 0.717) is 17.0 Å². The lowest BCUT2D eigenvalue weighted by Gasteiger charge is -2.19. The van der Waals surface area contributed by atoms with Crippen molar-refractivity contribution in [1.82, 2.24) is 0 Å². The van der Waals surface area contributed by atoms with E-state index >= 15 is 0 Å². The molecule has 2 aromatic rings. The smallest absolute Gasteiger partial charge is 0.348 e. The Balaban J connectivity index is 2.18. The largest absolute Gasteiger partial charge is 0.507 e. The van der Waals surface area contributed by atoms with Gasteiger partial charge >= 0.3 is 11.6 Å². The zero-order valence-corrected chi connectivity index (χ0v) is 14.0. The number of aromatic hydroxyl groups is 1. The highest BCUT2D eigenvalue weighted by Crippen LogP contribution is 2.18. The molecule has 1 heterocycles. The maximum Gasteiger partial charge on any atom is 0.348 e. The number of benzene rings is 1. The quantitative estimate of drug-likeness (QED) is 0.689. The summed E-state index contributed by atoms with van der Waals surface area (Å²) in [6.45, 7) is 6.95. The van der Waals surface area contributed by atoms with E-state index < -0.39 is 17.2 Å². The molecule has 0 radical (unpaired) electrons. The topological polar surface area (TPSA) is 89.1 Å². The summed E-state index contributed by atoms with van der Waals surface area (Å²) in [6.07, 6.45) is 1.23. The molecule has 0 aliphatic heterocycles. The van der Waals surface area contributed by atoms with Crippen molar-refractivity contribution in [3.8, 4) is 5.75 Å². The van der Waals surface area contributed by atoms with Gasteiger partial charge in [-0.2, -0.15) is 0 Å². The molecule has 0 saturated carbocycles. The molecule has 1 aromatic carbocycles. The molecule has 6 heteroatoms. The van der Waals surface area contributed by atoms with Crippen LogP contribution in [-0.4, -0.2) is 22.9 Å². The minimum atomic E-state index is -0.665. The Morgan fingerprint density at radius 2 is 1.88 bits per heavy atom. The van der Waals surface area contributed by atoms with Gasteiger partial charge in [0.15, 0.2) is 0 Å². The molecule has 1 aromatic heterocycles. The van der Waals surface area contributed by atoms with Gasteiger partial charge in [0.1, 0.15) is 22.7 Å². The summed E-state index contributed by atoms with van der Waals surface area (Å²) in [6, 6.07) is 7.73. The van der Waals surface area contributed by atoms with E-state index in [1.54, 1.807) is 52.0 Å². The molecular weight excluding hydrogens is 310 g/mol. The summed E-state index contributed by atoms with van der Waals surface area (Å²) in [5.74, 6) is -0.302. The van der Waals surface area contributed by atoms with Crippen molar-refractivity contribution >= 4 is 17.9 Å². The highest BCUT2D eigenvalue weighted by atomic mass is 16.6. The Morgan fingerprint density at radius 3 is 2.42 bits per heavy atom. The molecule has 0 saturated heterocycles. The number of esters is 1. The molecule has 0 bridgehead atoms. The van der Waals surface area contributed by atoms with E-state index in [1.807, 2.05) is 0 Å². The van der Waals surface area contributed by atoms with Crippen LogP contribution in [0.15, 0.2) is 44.5 Å². The summed E-state index contributed by atoms with van der Waals surface area (Å²) in [4.78, 5) is 27.7. The Morgan fingerprint density at radius 1 is 1.25 bits per heavy atom. The van der Waals surface area contributed by atoms with Crippen molar-refractivity contribution in [2.75, 3.05) is 0 Å². The molecule has 0 unspecified atom stereocenters. The predicted octanol–water partition coefficient (Wildman–Crippen LogP) is 3.36. The number of aliphatic imine (C=N–C) groups is 1. The molecular formula is C18H19NO5. The fourth-order valence-electron chi connectivity index (χ4n) is 1.88. The van der Waals surface area contributed by atoms with Crippen LogP contribution >= 0.6 is 0 Å². The van der Waals surface area contributed by atoms with Crippen molar-refractivity contribution in [2.45, 2.75) is 33.3 Å². The molecule has 0 amide bonds. The second kappa shape index (κ2) is 6.70. The third-order valence-corrected chi connectivity index (χ3v) is 2.93. The van der Waals surface area contributed by atoms with Crippen LogP contribution in [-0.2, 0) is 4.74 Å². The van der Waals surface area contributed by atoms with Crippen LogP contribution in [0.5, 0.6) is 5.75 Å². The summed E-state index contributed by atoms with van der Waals surface area (Å²) in [7, 11) is 0. The first kappa shape index (κ1) is 17.5. The van der Waals surface area contributed by atoms with Crippen LogP contribution in [0.25, 0.3) is 0 Å². The van der Waals surface area contributed by atoms with Crippen LogP contribution in [0.1, 0.15) is 42.5 Å². The second-order valence-electron chi connectivity index (χ2n) is 6.25. The van der Waals surface area contributed by atoms with Gasteiger partial charge in [-0.05, 0) is 52.0 Å². The van der Waals surface area contributed by atoms with Gasteiger partial charge in [-0.15, -0.1) is 0 Å². The summed E-state index contributed by atoms with van der Waals surface area (Å²) >= 11 is 0. The number of carbonyl (C=O) groups excluding carboxylic acids is 1. The Kier molecular flexibility index (Phi) is 4.87. The van der Waals surface area contributed by atoms with Crippen molar-refractivity contribution in [3.05, 3.63) is 57.6 Å². The van der Waals surface area contributed by atoms with Gasteiger partial charge in [0.2, 0.25) is 0 Å². The third kappa shape index (κ3) is 4.55. The van der Waals surface area contributed by atoms with Gasteiger partial charge in [-0.25, -0.2) is 9.59 Å². The number of nitrogens with zero attached hydrogens (tertiary/aromatic N) is 1. The lowest BCUT2D eigenvalue weighted by Crippen LogP contribution is -2.23. The average Bonchev–Trinajstić information content (AvgIpc) is 2.45. The van der Waals surface area contributed by atoms with Gasteiger partial charge in [0.05, 0.1) is 11.3 Å². The Hall–Kier alpha value is -2.89. The number of ether oxygens (including phenoxy) is 1. The number of rotatable bonds is 3. The zero-order valence-electron chi connectivity index (χ0n) is 14.0. The molecule has 1 N–H and O–H groups in total. The highest BCUT2D eigenvalue weighted by Gasteiger charge is 2.17. The first-order valence-electron chi connectivity index (χ1n) is 7.37. The number of aryl methyl sites for hydroxylation is 1. The minimum absolute atomic E-state index is 0.0307. The highest BCUT2D eigenvalue weighted by molar-refractivity contribution is 5.90. The predicted molar refractivity (Wildman–Crippen MR) is 90.2 cm³/mol. The van der Waals surface area contributed by atoms with Crippen molar-refractivity contribution in [1.29, 1.82) is 0 Å². The summed E-state index contributed by atoms with van der Waals surface area (Å²) < 4.78 is 10.2. The SMILES string of the molecule is Cc1cc(O)c(C=Nc2ccc(C(=O)OC(C)(C)C)cc2)c(=O)o1. The van der Waals surface area contributed by atoms with Gasteiger partial charge < -0.3 is 14.3 Å². The molecule has 0 fully saturated rings. The molecule has 0 aliphatic carbocycles. The van der Waals surface area contributed by atoms with Crippen LogP contribution in [0, 0.1) is 6.92 Å². The fraction of sp³-hybridized carbons (Fsp3) is 0.278. The van der Waals surface area contributed by atoms with Crippen molar-refractivity contribution in [2.24, 2.45) is 4.99 Å². The van der Waals surface area contributed by atoms with E-state index in [4.69, 9.17) is 9.15 Å². The van der Waals surface area contributed by atoms with E-state index in [-0.39, 0.29) is 11.3 Å². The molecule has 0 spiro atoms. The maximum absolute atomic E-state index is 11.9. The minimum Gasteiger partial charge on any atom is -0.507 e. The lowest BCUT2D eigenvalue weighted by molar-refractivity contribution is 0.00695. The van der Waals surface area contributed by atoms with Gasteiger partial charge in [-0.1, -0.05) is 0 Å². The average molecular weight is 329 g/mol.